The van der Waals surface area contributed by atoms with Gasteiger partial charge in [-0.3, -0.25) is 9.89 Å². The van der Waals surface area contributed by atoms with Crippen LogP contribution in [0.15, 0.2) is 6.33 Å². The molecule has 0 fully saturated rings. The Morgan fingerprint density at radius 3 is 2.94 bits per heavy atom. The Hall–Kier alpha value is -2.56. The van der Waals surface area contributed by atoms with Gasteiger partial charge in [0.15, 0.2) is 0 Å². The molecule has 0 aromatic carbocycles. The lowest BCUT2D eigenvalue weighted by Gasteiger charge is -2.17. The summed E-state index contributed by atoms with van der Waals surface area (Å²) in [6, 6.07) is -0.568. The van der Waals surface area contributed by atoms with Gasteiger partial charge in [-0.25, -0.2) is 9.78 Å². The summed E-state index contributed by atoms with van der Waals surface area (Å²) in [5, 5.41) is 17.2. The van der Waals surface area contributed by atoms with Crippen LogP contribution < -0.4 is 5.32 Å². The van der Waals surface area contributed by atoms with Crippen molar-refractivity contribution in [1.29, 1.82) is 0 Å². The smallest absolute Gasteiger partial charge is 0.323 e. The molecule has 1 rings (SSSR count). The van der Waals surface area contributed by atoms with Gasteiger partial charge in [-0.1, -0.05) is 5.92 Å². The molecule has 1 aromatic heterocycles. The minimum atomic E-state index is -1.13. The number of rotatable bonds is 5. The van der Waals surface area contributed by atoms with Gasteiger partial charge >= 0.3 is 12.0 Å². The molecule has 8 nitrogen and oxygen atoms in total. The van der Waals surface area contributed by atoms with E-state index in [0.717, 1.165) is 4.90 Å². The summed E-state index contributed by atoms with van der Waals surface area (Å²) in [7, 11) is 0. The molecule has 0 radical (unpaired) electrons. The summed E-state index contributed by atoms with van der Waals surface area (Å²) in [4.78, 5) is 26.9. The predicted octanol–water partition coefficient (Wildman–Crippen LogP) is -0.966. The van der Waals surface area contributed by atoms with Gasteiger partial charge in [0.05, 0.1) is 13.1 Å². The molecule has 0 bridgehead atoms. The van der Waals surface area contributed by atoms with Crippen molar-refractivity contribution < 1.29 is 14.7 Å². The highest BCUT2D eigenvalue weighted by atomic mass is 16.4. The van der Waals surface area contributed by atoms with Crippen LogP contribution in [0.5, 0.6) is 0 Å². The Morgan fingerprint density at radius 1 is 1.65 bits per heavy atom. The van der Waals surface area contributed by atoms with E-state index in [1.165, 1.54) is 6.33 Å². The summed E-state index contributed by atoms with van der Waals surface area (Å²) in [6.45, 7) is -0.402. The lowest BCUT2D eigenvalue weighted by molar-refractivity contribution is -0.137. The zero-order chi connectivity index (χ0) is 12.7. The van der Waals surface area contributed by atoms with Crippen LogP contribution in [0.3, 0.4) is 0 Å². The van der Waals surface area contributed by atoms with Crippen molar-refractivity contribution in [3.63, 3.8) is 0 Å². The average Bonchev–Trinajstić information content (AvgIpc) is 2.77. The Balaban J connectivity index is 2.47. The van der Waals surface area contributed by atoms with Gasteiger partial charge in [-0.05, 0) is 0 Å². The van der Waals surface area contributed by atoms with Crippen LogP contribution in [0.4, 0.5) is 4.79 Å². The Bertz CT molecular complexity index is 422. The standard InChI is InChI=1S/C9H11N5O3/c1-2-3-14(5-8(15)16)9(17)10-4-7-11-6-12-13-7/h1,6H,3-5H2,(H,10,17)(H,15,16)(H,11,12,13). The highest BCUT2D eigenvalue weighted by Gasteiger charge is 2.15. The number of nitrogens with one attached hydrogen (secondary N) is 2. The van der Waals surface area contributed by atoms with Gasteiger partial charge in [0.2, 0.25) is 0 Å². The van der Waals surface area contributed by atoms with Crippen LogP contribution in [-0.4, -0.2) is 50.3 Å². The molecule has 0 aliphatic carbocycles. The summed E-state index contributed by atoms with van der Waals surface area (Å²) >= 11 is 0. The first-order valence-electron chi connectivity index (χ1n) is 4.65. The number of amides is 2. The summed E-state index contributed by atoms with van der Waals surface area (Å²) in [5.74, 6) is 1.55. The molecular formula is C9H11N5O3. The monoisotopic (exact) mass is 237 g/mol. The van der Waals surface area contributed by atoms with Crippen LogP contribution in [0, 0.1) is 12.3 Å². The van der Waals surface area contributed by atoms with E-state index in [9.17, 15) is 9.59 Å². The summed E-state index contributed by atoms with van der Waals surface area (Å²) in [6.07, 6.45) is 6.34. The molecular weight excluding hydrogens is 226 g/mol. The molecule has 0 aliphatic heterocycles. The van der Waals surface area contributed by atoms with E-state index in [1.807, 2.05) is 0 Å². The van der Waals surface area contributed by atoms with E-state index < -0.39 is 18.5 Å². The second-order valence-corrected chi connectivity index (χ2v) is 3.04. The van der Waals surface area contributed by atoms with Gasteiger partial charge in [-0.2, -0.15) is 5.10 Å². The van der Waals surface area contributed by atoms with Gasteiger partial charge in [0, 0.05) is 0 Å². The van der Waals surface area contributed by atoms with Crippen LogP contribution in [0.25, 0.3) is 0 Å². The van der Waals surface area contributed by atoms with Crippen LogP contribution in [-0.2, 0) is 11.3 Å². The predicted molar refractivity (Wildman–Crippen MR) is 56.7 cm³/mol. The molecule has 2 amide bonds. The van der Waals surface area contributed by atoms with Crippen LogP contribution in [0.2, 0.25) is 0 Å². The Kier molecular flexibility index (Phi) is 4.50. The first kappa shape index (κ1) is 12.5. The minimum Gasteiger partial charge on any atom is -0.480 e. The maximum atomic E-state index is 11.6. The number of aliphatic carboxylic acids is 1. The van der Waals surface area contributed by atoms with Crippen molar-refractivity contribution in [1.82, 2.24) is 25.4 Å². The number of aromatic amines is 1. The average molecular weight is 237 g/mol. The molecule has 0 saturated carbocycles. The highest BCUT2D eigenvalue weighted by molar-refractivity contribution is 5.80. The molecule has 17 heavy (non-hydrogen) atoms. The lowest BCUT2D eigenvalue weighted by atomic mass is 10.5. The molecule has 0 saturated heterocycles. The fourth-order valence-corrected chi connectivity index (χ4v) is 1.06. The number of carbonyl (C=O) groups is 2. The number of carboxylic acids is 1. The van der Waals surface area contributed by atoms with E-state index in [4.69, 9.17) is 11.5 Å². The first-order valence-corrected chi connectivity index (χ1v) is 4.65. The number of hydrogen-bond acceptors (Lipinski definition) is 4. The third kappa shape index (κ3) is 4.21. The molecule has 3 N–H and O–H groups in total. The molecule has 0 atom stereocenters. The topological polar surface area (TPSA) is 111 Å². The van der Waals surface area contributed by atoms with Gasteiger partial charge in [-0.15, -0.1) is 6.42 Å². The molecule has 0 spiro atoms. The summed E-state index contributed by atoms with van der Waals surface area (Å²) < 4.78 is 0. The second-order valence-electron chi connectivity index (χ2n) is 3.04. The molecule has 90 valence electrons. The quantitative estimate of drug-likeness (QED) is 0.571. The minimum absolute atomic E-state index is 0.0749. The third-order valence-electron chi connectivity index (χ3n) is 1.77. The van der Waals surface area contributed by atoms with Crippen LogP contribution >= 0.6 is 0 Å². The highest BCUT2D eigenvalue weighted by Crippen LogP contribution is 1.91. The van der Waals surface area contributed by atoms with Crippen molar-refractivity contribution in [2.45, 2.75) is 6.54 Å². The second kappa shape index (κ2) is 6.12. The number of nitrogens with zero attached hydrogens (tertiary/aromatic N) is 3. The van der Waals surface area contributed by atoms with E-state index >= 15 is 0 Å². The molecule has 1 aromatic rings. The van der Waals surface area contributed by atoms with Gasteiger partial charge in [0.25, 0.3) is 0 Å². The van der Waals surface area contributed by atoms with Crippen molar-refractivity contribution in [2.24, 2.45) is 0 Å². The number of carbonyl (C=O) groups excluding carboxylic acids is 1. The summed E-state index contributed by atoms with van der Waals surface area (Å²) in [5.41, 5.74) is 0. The van der Waals surface area contributed by atoms with Crippen molar-refractivity contribution >= 4 is 12.0 Å². The fourth-order valence-electron chi connectivity index (χ4n) is 1.06. The van der Waals surface area contributed by atoms with E-state index in [0.29, 0.717) is 5.82 Å². The van der Waals surface area contributed by atoms with Gasteiger partial charge < -0.3 is 15.3 Å². The SMILES string of the molecule is C#CCN(CC(=O)O)C(=O)NCc1ncn[nH]1. The molecule has 0 aliphatic rings. The van der Waals surface area contributed by atoms with E-state index in [2.05, 4.69) is 26.4 Å². The zero-order valence-corrected chi connectivity index (χ0v) is 8.88. The first-order chi connectivity index (χ1) is 8.13. The molecule has 1 heterocycles. The van der Waals surface area contributed by atoms with E-state index in [-0.39, 0.29) is 13.1 Å². The fraction of sp³-hybridized carbons (Fsp3) is 0.333. The number of aromatic nitrogens is 3. The number of carboxylic acid groups (broad SMARTS) is 1. The largest absolute Gasteiger partial charge is 0.480 e. The van der Waals surface area contributed by atoms with Crippen molar-refractivity contribution in [2.75, 3.05) is 13.1 Å². The number of terminal acetylenes is 1. The lowest BCUT2D eigenvalue weighted by Crippen LogP contribution is -2.42. The van der Waals surface area contributed by atoms with Crippen LogP contribution in [0.1, 0.15) is 5.82 Å². The molecule has 0 unspecified atom stereocenters. The van der Waals surface area contributed by atoms with Crippen molar-refractivity contribution in [3.8, 4) is 12.3 Å². The van der Waals surface area contributed by atoms with E-state index in [1.54, 1.807) is 0 Å². The maximum Gasteiger partial charge on any atom is 0.323 e. The molecule has 8 heteroatoms. The number of urea groups is 1. The maximum absolute atomic E-state index is 11.6. The third-order valence-corrected chi connectivity index (χ3v) is 1.77. The zero-order valence-electron chi connectivity index (χ0n) is 8.88. The Morgan fingerprint density at radius 2 is 2.41 bits per heavy atom. The van der Waals surface area contributed by atoms with Crippen molar-refractivity contribution in [3.05, 3.63) is 12.2 Å². The van der Waals surface area contributed by atoms with Gasteiger partial charge in [0.1, 0.15) is 18.7 Å². The number of hydrogen-bond donors (Lipinski definition) is 3. The Labute approximate surface area is 97.0 Å². The normalized spacial score (nSPS) is 9.35. The number of H-pyrrole nitrogens is 1.